The van der Waals surface area contributed by atoms with Crippen molar-refractivity contribution in [1.82, 2.24) is 10.3 Å². The number of nitrogens with two attached hydrogens (primary N) is 1. The van der Waals surface area contributed by atoms with Crippen molar-refractivity contribution in [3.63, 3.8) is 0 Å². The third-order valence-electron chi connectivity index (χ3n) is 2.15. The Hall–Kier alpha value is -1.14. The molecule has 0 aliphatic carbocycles. The van der Waals surface area contributed by atoms with E-state index in [4.69, 9.17) is 5.73 Å². The molecule has 0 fully saturated rings. The van der Waals surface area contributed by atoms with E-state index >= 15 is 0 Å². The highest BCUT2D eigenvalue weighted by Gasteiger charge is 2.02. The van der Waals surface area contributed by atoms with E-state index in [0.717, 1.165) is 36.3 Å². The monoisotopic (exact) mass is 243 g/mol. The molecule has 1 aromatic heterocycles. The molecule has 90 valence electrons. The quantitative estimate of drug-likeness (QED) is 0.612. The molecule has 0 unspecified atom stereocenters. The number of unbranched alkanes of at least 4 members (excludes halogenated alkanes) is 2. The van der Waals surface area contributed by atoms with Crippen LogP contribution in [-0.4, -0.2) is 17.4 Å². The number of hydrogen-bond acceptors (Lipinski definition) is 4. The predicted octanol–water partition coefficient (Wildman–Crippen LogP) is 0.572. The fourth-order valence-electron chi connectivity index (χ4n) is 1.29. The van der Waals surface area contributed by atoms with Gasteiger partial charge in [-0.1, -0.05) is 17.8 Å². The molecule has 1 amide bonds. The van der Waals surface area contributed by atoms with E-state index < -0.39 is 0 Å². The fraction of sp³-hybridized carbons (Fsp3) is 0.600. The van der Waals surface area contributed by atoms with Gasteiger partial charge in [0.2, 0.25) is 5.91 Å². The summed E-state index contributed by atoms with van der Waals surface area (Å²) in [6, 6.07) is 0. The zero-order valence-corrected chi connectivity index (χ0v) is 9.94. The predicted molar refractivity (Wildman–Crippen MR) is 64.3 cm³/mol. The number of hydrogen-bond donors (Lipinski definition) is 3. The van der Waals surface area contributed by atoms with Gasteiger partial charge in [0.05, 0.1) is 6.54 Å². The van der Waals surface area contributed by atoms with E-state index in [0.29, 0.717) is 19.5 Å². The van der Waals surface area contributed by atoms with Crippen molar-refractivity contribution >= 4 is 17.2 Å². The standard InChI is InChI=1S/C10H17N3O2S/c11-5-3-1-2-4-9(14)12-6-8-7-16-10(15)13-8/h7H,1-6,11H2,(H,12,14)(H,13,15). The van der Waals surface area contributed by atoms with E-state index in [1.54, 1.807) is 5.38 Å². The van der Waals surface area contributed by atoms with Gasteiger partial charge in [-0.2, -0.15) is 0 Å². The van der Waals surface area contributed by atoms with Gasteiger partial charge in [0.25, 0.3) is 0 Å². The molecule has 0 bridgehead atoms. The van der Waals surface area contributed by atoms with Gasteiger partial charge in [0, 0.05) is 17.5 Å². The van der Waals surface area contributed by atoms with Crippen LogP contribution < -0.4 is 15.9 Å². The third-order valence-corrected chi connectivity index (χ3v) is 2.87. The Balaban J connectivity index is 2.13. The van der Waals surface area contributed by atoms with Crippen LogP contribution in [0.4, 0.5) is 0 Å². The molecule has 0 radical (unpaired) electrons. The molecule has 5 nitrogen and oxygen atoms in total. The number of amides is 1. The number of H-pyrrole nitrogens is 1. The lowest BCUT2D eigenvalue weighted by atomic mass is 10.2. The summed E-state index contributed by atoms with van der Waals surface area (Å²) >= 11 is 1.10. The van der Waals surface area contributed by atoms with Gasteiger partial charge in [0.1, 0.15) is 0 Å². The Morgan fingerprint density at radius 3 is 2.88 bits per heavy atom. The number of carbonyl (C=O) groups is 1. The first-order valence-corrected chi connectivity index (χ1v) is 6.24. The van der Waals surface area contributed by atoms with Crippen LogP contribution in [0.3, 0.4) is 0 Å². The second-order valence-electron chi connectivity index (χ2n) is 3.55. The Morgan fingerprint density at radius 1 is 1.44 bits per heavy atom. The number of rotatable bonds is 7. The van der Waals surface area contributed by atoms with E-state index in [1.165, 1.54) is 0 Å². The summed E-state index contributed by atoms with van der Waals surface area (Å²) in [6.07, 6.45) is 3.34. The molecule has 0 atom stereocenters. The van der Waals surface area contributed by atoms with E-state index in [1.807, 2.05) is 0 Å². The van der Waals surface area contributed by atoms with Crippen LogP contribution in [0.15, 0.2) is 10.2 Å². The first-order valence-electron chi connectivity index (χ1n) is 5.36. The maximum atomic E-state index is 11.4. The van der Waals surface area contributed by atoms with Crippen LogP contribution in [0.2, 0.25) is 0 Å². The molecule has 1 aromatic rings. The lowest BCUT2D eigenvalue weighted by molar-refractivity contribution is -0.121. The molecule has 4 N–H and O–H groups in total. The highest BCUT2D eigenvalue weighted by molar-refractivity contribution is 7.07. The lowest BCUT2D eigenvalue weighted by Crippen LogP contribution is -2.22. The average molecular weight is 243 g/mol. The zero-order valence-electron chi connectivity index (χ0n) is 9.12. The number of nitrogens with one attached hydrogen (secondary N) is 2. The van der Waals surface area contributed by atoms with Crippen molar-refractivity contribution in [1.29, 1.82) is 0 Å². The summed E-state index contributed by atoms with van der Waals surface area (Å²) in [5.41, 5.74) is 6.10. The number of carbonyl (C=O) groups excluding carboxylic acids is 1. The third kappa shape index (κ3) is 5.09. The van der Waals surface area contributed by atoms with Crippen LogP contribution >= 0.6 is 11.3 Å². The van der Waals surface area contributed by atoms with Gasteiger partial charge < -0.3 is 16.0 Å². The molecule has 0 spiro atoms. The fourth-order valence-corrected chi connectivity index (χ4v) is 1.87. The van der Waals surface area contributed by atoms with Gasteiger partial charge in [-0.15, -0.1) is 0 Å². The zero-order chi connectivity index (χ0) is 11.8. The molecular weight excluding hydrogens is 226 g/mol. The topological polar surface area (TPSA) is 88.0 Å². The summed E-state index contributed by atoms with van der Waals surface area (Å²) in [5.74, 6) is 0.0177. The van der Waals surface area contributed by atoms with Gasteiger partial charge in [-0.05, 0) is 19.4 Å². The molecule has 0 aliphatic rings. The van der Waals surface area contributed by atoms with Crippen molar-refractivity contribution < 1.29 is 4.79 Å². The number of thiazole rings is 1. The Morgan fingerprint density at radius 2 is 2.25 bits per heavy atom. The smallest absolute Gasteiger partial charge is 0.304 e. The van der Waals surface area contributed by atoms with Crippen molar-refractivity contribution in [3.8, 4) is 0 Å². The highest BCUT2D eigenvalue weighted by Crippen LogP contribution is 1.99. The van der Waals surface area contributed by atoms with Crippen LogP contribution in [0.5, 0.6) is 0 Å². The first kappa shape index (κ1) is 12.9. The van der Waals surface area contributed by atoms with Gasteiger partial charge >= 0.3 is 4.87 Å². The Labute approximate surface area is 98.1 Å². The van der Waals surface area contributed by atoms with Gasteiger partial charge in [0.15, 0.2) is 0 Å². The molecule has 0 saturated carbocycles. The van der Waals surface area contributed by atoms with Crippen LogP contribution in [0.25, 0.3) is 0 Å². The summed E-state index contributed by atoms with van der Waals surface area (Å²) in [6.45, 7) is 1.08. The maximum absolute atomic E-state index is 11.4. The van der Waals surface area contributed by atoms with Crippen molar-refractivity contribution in [2.24, 2.45) is 5.73 Å². The van der Waals surface area contributed by atoms with Crippen LogP contribution in [0, 0.1) is 0 Å². The minimum atomic E-state index is -0.0906. The van der Waals surface area contributed by atoms with Crippen LogP contribution in [-0.2, 0) is 11.3 Å². The summed E-state index contributed by atoms with van der Waals surface area (Å²) in [4.78, 5) is 24.7. The molecule has 16 heavy (non-hydrogen) atoms. The molecule has 0 saturated heterocycles. The van der Waals surface area contributed by atoms with Crippen LogP contribution in [0.1, 0.15) is 31.4 Å². The van der Waals surface area contributed by atoms with Gasteiger partial charge in [-0.3, -0.25) is 9.59 Å². The van der Waals surface area contributed by atoms with Crippen molar-refractivity contribution in [2.75, 3.05) is 6.54 Å². The minimum Gasteiger partial charge on any atom is -0.351 e. The highest BCUT2D eigenvalue weighted by atomic mass is 32.1. The van der Waals surface area contributed by atoms with Crippen molar-refractivity contribution in [3.05, 3.63) is 20.7 Å². The molecular formula is C10H17N3O2S. The summed E-state index contributed by atoms with van der Waals surface area (Å²) < 4.78 is 0. The van der Waals surface area contributed by atoms with E-state index in [2.05, 4.69) is 10.3 Å². The average Bonchev–Trinajstić information content (AvgIpc) is 2.68. The Bertz CT molecular complexity index is 372. The largest absolute Gasteiger partial charge is 0.351 e. The van der Waals surface area contributed by atoms with Crippen molar-refractivity contribution in [2.45, 2.75) is 32.2 Å². The lowest BCUT2D eigenvalue weighted by Gasteiger charge is -2.03. The maximum Gasteiger partial charge on any atom is 0.304 e. The van der Waals surface area contributed by atoms with E-state index in [-0.39, 0.29) is 10.8 Å². The minimum absolute atomic E-state index is 0.0177. The Kier molecular flexibility index (Phi) is 5.81. The molecule has 1 rings (SSSR count). The molecule has 6 heteroatoms. The molecule has 0 aliphatic heterocycles. The summed E-state index contributed by atoms with van der Waals surface area (Å²) in [7, 11) is 0. The van der Waals surface area contributed by atoms with Gasteiger partial charge in [-0.25, -0.2) is 0 Å². The number of aromatic nitrogens is 1. The summed E-state index contributed by atoms with van der Waals surface area (Å²) in [5, 5.41) is 4.47. The normalized spacial score (nSPS) is 10.3. The molecule has 0 aromatic carbocycles. The second-order valence-corrected chi connectivity index (χ2v) is 4.39. The second kappa shape index (κ2) is 7.19. The van der Waals surface area contributed by atoms with E-state index in [9.17, 15) is 9.59 Å². The number of aromatic amines is 1. The first-order chi connectivity index (χ1) is 7.72. The SMILES string of the molecule is NCCCCCC(=O)NCc1csc(=O)[nH]1. The molecule has 1 heterocycles.